The fourth-order valence-corrected chi connectivity index (χ4v) is 2.74. The van der Waals surface area contributed by atoms with Gasteiger partial charge >= 0.3 is 0 Å². The van der Waals surface area contributed by atoms with Crippen molar-refractivity contribution in [3.8, 4) is 0 Å². The van der Waals surface area contributed by atoms with Gasteiger partial charge in [-0.3, -0.25) is 4.90 Å². The first-order valence-electron chi connectivity index (χ1n) is 5.78. The van der Waals surface area contributed by atoms with Gasteiger partial charge in [0.1, 0.15) is 0 Å². The van der Waals surface area contributed by atoms with Gasteiger partial charge in [0.25, 0.3) is 0 Å². The van der Waals surface area contributed by atoms with Crippen molar-refractivity contribution in [1.82, 2.24) is 10.2 Å². The van der Waals surface area contributed by atoms with E-state index < -0.39 is 0 Å². The van der Waals surface area contributed by atoms with Gasteiger partial charge in [-0.2, -0.15) is 0 Å². The molecule has 0 aromatic heterocycles. The van der Waals surface area contributed by atoms with Gasteiger partial charge in [0.05, 0.1) is 0 Å². The van der Waals surface area contributed by atoms with Crippen molar-refractivity contribution >= 4 is 0 Å². The van der Waals surface area contributed by atoms with Crippen LogP contribution in [0.3, 0.4) is 0 Å². The van der Waals surface area contributed by atoms with Gasteiger partial charge in [0.15, 0.2) is 0 Å². The summed E-state index contributed by atoms with van der Waals surface area (Å²) < 4.78 is 0. The molecule has 2 rings (SSSR count). The molecule has 2 heteroatoms. The van der Waals surface area contributed by atoms with E-state index in [9.17, 15) is 0 Å². The average Bonchev–Trinajstić information content (AvgIpc) is 2.85. The molecule has 13 heavy (non-hydrogen) atoms. The lowest BCUT2D eigenvalue weighted by Crippen LogP contribution is -2.36. The van der Waals surface area contributed by atoms with Crippen molar-refractivity contribution in [2.24, 2.45) is 0 Å². The predicted molar refractivity (Wildman–Crippen MR) is 55.9 cm³/mol. The molecule has 2 nitrogen and oxygen atoms in total. The van der Waals surface area contributed by atoms with Crippen LogP contribution in [-0.2, 0) is 0 Å². The molecular formula is C11H22N2. The third kappa shape index (κ3) is 2.05. The van der Waals surface area contributed by atoms with Crippen LogP contribution in [0.5, 0.6) is 0 Å². The van der Waals surface area contributed by atoms with Gasteiger partial charge in [-0.15, -0.1) is 0 Å². The van der Waals surface area contributed by atoms with Gasteiger partial charge in [-0.25, -0.2) is 0 Å². The standard InChI is InChI=1S/C11H22N2/c1-3-13(10-6-7-10)11-5-4-9(8-11)12-2/h9-12H,3-8H2,1-2H3. The second-order valence-corrected chi connectivity index (χ2v) is 4.51. The molecule has 2 fully saturated rings. The molecule has 0 aromatic carbocycles. The van der Waals surface area contributed by atoms with Crippen LogP contribution in [0.25, 0.3) is 0 Å². The fraction of sp³-hybridized carbons (Fsp3) is 1.00. The van der Waals surface area contributed by atoms with Gasteiger partial charge in [-0.1, -0.05) is 6.92 Å². The highest BCUT2D eigenvalue weighted by molar-refractivity contribution is 4.93. The van der Waals surface area contributed by atoms with Crippen molar-refractivity contribution < 1.29 is 0 Å². The zero-order chi connectivity index (χ0) is 9.26. The number of hydrogen-bond acceptors (Lipinski definition) is 2. The molecule has 0 bridgehead atoms. The molecule has 0 saturated heterocycles. The Morgan fingerprint density at radius 2 is 1.85 bits per heavy atom. The van der Waals surface area contributed by atoms with Crippen LogP contribution in [0.4, 0.5) is 0 Å². The van der Waals surface area contributed by atoms with Crippen molar-refractivity contribution in [2.75, 3.05) is 13.6 Å². The SMILES string of the molecule is CCN(C1CC1)C1CCC(NC)C1. The number of hydrogen-bond donors (Lipinski definition) is 1. The van der Waals surface area contributed by atoms with Crippen LogP contribution in [-0.4, -0.2) is 36.6 Å². The molecular weight excluding hydrogens is 160 g/mol. The molecule has 2 aliphatic carbocycles. The van der Waals surface area contributed by atoms with Crippen molar-refractivity contribution in [3.63, 3.8) is 0 Å². The first kappa shape index (κ1) is 9.47. The second-order valence-electron chi connectivity index (χ2n) is 4.51. The normalized spacial score (nSPS) is 34.4. The Balaban J connectivity index is 1.85. The lowest BCUT2D eigenvalue weighted by Gasteiger charge is -2.27. The monoisotopic (exact) mass is 182 g/mol. The Hall–Kier alpha value is -0.0800. The van der Waals surface area contributed by atoms with Crippen LogP contribution in [0.15, 0.2) is 0 Å². The molecule has 2 unspecified atom stereocenters. The molecule has 0 amide bonds. The summed E-state index contributed by atoms with van der Waals surface area (Å²) in [6, 6.07) is 2.62. The summed E-state index contributed by atoms with van der Waals surface area (Å²) >= 11 is 0. The zero-order valence-corrected chi connectivity index (χ0v) is 8.92. The molecule has 2 atom stereocenters. The third-order valence-electron chi connectivity index (χ3n) is 3.66. The predicted octanol–water partition coefficient (Wildman–Crippen LogP) is 1.61. The highest BCUT2D eigenvalue weighted by Crippen LogP contribution is 2.33. The van der Waals surface area contributed by atoms with E-state index in [1.807, 2.05) is 0 Å². The van der Waals surface area contributed by atoms with Gasteiger partial charge in [0, 0.05) is 18.1 Å². The molecule has 1 N–H and O–H groups in total. The second kappa shape index (κ2) is 3.97. The fourth-order valence-electron chi connectivity index (χ4n) is 2.74. The first-order chi connectivity index (χ1) is 6.35. The Labute approximate surface area is 81.7 Å². The van der Waals surface area contributed by atoms with Crippen LogP contribution < -0.4 is 5.32 Å². The minimum atomic E-state index is 0.790. The summed E-state index contributed by atoms with van der Waals surface area (Å²) in [5.41, 5.74) is 0. The molecule has 0 spiro atoms. The summed E-state index contributed by atoms with van der Waals surface area (Å²) in [6.45, 7) is 3.57. The Morgan fingerprint density at radius 1 is 1.15 bits per heavy atom. The van der Waals surface area contributed by atoms with E-state index in [0.29, 0.717) is 0 Å². The maximum absolute atomic E-state index is 3.41. The highest BCUT2D eigenvalue weighted by Gasteiger charge is 2.36. The molecule has 2 saturated carbocycles. The lowest BCUT2D eigenvalue weighted by atomic mass is 10.2. The number of rotatable bonds is 4. The van der Waals surface area contributed by atoms with Gasteiger partial charge in [-0.05, 0) is 45.7 Å². The number of nitrogens with one attached hydrogen (secondary N) is 1. The van der Waals surface area contributed by atoms with Crippen molar-refractivity contribution in [2.45, 2.75) is 57.2 Å². The highest BCUT2D eigenvalue weighted by atomic mass is 15.2. The van der Waals surface area contributed by atoms with Crippen LogP contribution >= 0.6 is 0 Å². The average molecular weight is 182 g/mol. The van der Waals surface area contributed by atoms with Crippen LogP contribution in [0.1, 0.15) is 39.0 Å². The maximum Gasteiger partial charge on any atom is 0.0113 e. The summed E-state index contributed by atoms with van der Waals surface area (Å²) in [5, 5.41) is 3.41. The lowest BCUT2D eigenvalue weighted by molar-refractivity contribution is 0.196. The van der Waals surface area contributed by atoms with E-state index in [0.717, 1.165) is 18.1 Å². The third-order valence-corrected chi connectivity index (χ3v) is 3.66. The minimum absolute atomic E-state index is 0.790. The van der Waals surface area contributed by atoms with E-state index in [2.05, 4.69) is 24.2 Å². The summed E-state index contributed by atoms with van der Waals surface area (Å²) in [4.78, 5) is 2.73. The largest absolute Gasteiger partial charge is 0.317 e. The molecule has 0 aromatic rings. The van der Waals surface area contributed by atoms with E-state index in [1.54, 1.807) is 0 Å². The maximum atomic E-state index is 3.41. The van der Waals surface area contributed by atoms with E-state index in [4.69, 9.17) is 0 Å². The van der Waals surface area contributed by atoms with Crippen LogP contribution in [0.2, 0.25) is 0 Å². The topological polar surface area (TPSA) is 15.3 Å². The zero-order valence-electron chi connectivity index (χ0n) is 8.92. The van der Waals surface area contributed by atoms with E-state index >= 15 is 0 Å². The number of nitrogens with zero attached hydrogens (tertiary/aromatic N) is 1. The Morgan fingerprint density at radius 3 is 2.31 bits per heavy atom. The molecule has 0 radical (unpaired) electrons. The summed E-state index contributed by atoms with van der Waals surface area (Å²) in [5.74, 6) is 0. The quantitative estimate of drug-likeness (QED) is 0.710. The smallest absolute Gasteiger partial charge is 0.0113 e. The molecule has 0 aliphatic heterocycles. The summed E-state index contributed by atoms with van der Waals surface area (Å²) in [7, 11) is 2.10. The van der Waals surface area contributed by atoms with Gasteiger partial charge in [0.2, 0.25) is 0 Å². The minimum Gasteiger partial charge on any atom is -0.317 e. The first-order valence-corrected chi connectivity index (χ1v) is 5.78. The Bertz CT molecular complexity index is 165. The van der Waals surface area contributed by atoms with Crippen LogP contribution in [0, 0.1) is 0 Å². The summed E-state index contributed by atoms with van der Waals surface area (Å²) in [6.07, 6.45) is 7.07. The molecule has 76 valence electrons. The molecule has 0 heterocycles. The van der Waals surface area contributed by atoms with Gasteiger partial charge < -0.3 is 5.32 Å². The van der Waals surface area contributed by atoms with E-state index in [-0.39, 0.29) is 0 Å². The molecule has 2 aliphatic rings. The van der Waals surface area contributed by atoms with E-state index in [1.165, 1.54) is 38.6 Å². The van der Waals surface area contributed by atoms with Crippen molar-refractivity contribution in [1.29, 1.82) is 0 Å². The van der Waals surface area contributed by atoms with Crippen molar-refractivity contribution in [3.05, 3.63) is 0 Å². The Kier molecular flexibility index (Phi) is 2.89.